The molecule has 0 bridgehead atoms. The number of benzene rings is 1. The summed E-state index contributed by atoms with van der Waals surface area (Å²) < 4.78 is 5.01. The second-order valence-electron chi connectivity index (χ2n) is 9.31. The molecule has 6 heteroatoms. The third-order valence-electron chi connectivity index (χ3n) is 6.47. The Kier molecular flexibility index (Phi) is 7.16. The first-order chi connectivity index (χ1) is 14.3. The number of rotatable bonds is 7. The second kappa shape index (κ2) is 9.63. The van der Waals surface area contributed by atoms with E-state index in [9.17, 15) is 14.4 Å². The number of esters is 1. The van der Waals surface area contributed by atoms with Crippen LogP contribution in [0.4, 0.5) is 5.69 Å². The van der Waals surface area contributed by atoms with Crippen LogP contribution in [0.5, 0.6) is 0 Å². The number of carbonyl (C=O) groups excluding carboxylic acids is 3. The minimum atomic E-state index is -0.282. The Morgan fingerprint density at radius 2 is 1.87 bits per heavy atom. The van der Waals surface area contributed by atoms with Crippen molar-refractivity contribution in [1.29, 1.82) is 0 Å². The molecule has 6 nitrogen and oxygen atoms in total. The van der Waals surface area contributed by atoms with Crippen LogP contribution in [0.2, 0.25) is 0 Å². The molecule has 3 rings (SSSR count). The molecular formula is C24H34N2O4. The molecule has 1 fully saturated rings. The van der Waals surface area contributed by atoms with Crippen molar-refractivity contribution in [2.45, 2.75) is 71.1 Å². The van der Waals surface area contributed by atoms with Gasteiger partial charge in [-0.05, 0) is 61.8 Å². The number of amides is 2. The third kappa shape index (κ3) is 5.61. The van der Waals surface area contributed by atoms with Gasteiger partial charge in [-0.15, -0.1) is 0 Å². The molecule has 2 N–H and O–H groups in total. The van der Waals surface area contributed by atoms with Crippen molar-refractivity contribution in [2.24, 2.45) is 11.8 Å². The van der Waals surface area contributed by atoms with Gasteiger partial charge in [0.25, 0.3) is 5.91 Å². The molecule has 2 aliphatic rings. The van der Waals surface area contributed by atoms with Crippen LogP contribution in [0.15, 0.2) is 18.2 Å². The highest BCUT2D eigenvalue weighted by Gasteiger charge is 2.32. The van der Waals surface area contributed by atoms with Gasteiger partial charge in [0.05, 0.1) is 6.61 Å². The maximum Gasteiger partial charge on any atom is 0.305 e. The fraction of sp³-hybridized carbons (Fsp3) is 0.625. The smallest absolute Gasteiger partial charge is 0.305 e. The zero-order valence-corrected chi connectivity index (χ0v) is 18.4. The quantitative estimate of drug-likeness (QED) is 0.656. The summed E-state index contributed by atoms with van der Waals surface area (Å²) in [5.41, 5.74) is 2.17. The molecule has 0 unspecified atom stereocenters. The first kappa shape index (κ1) is 22.3. The van der Waals surface area contributed by atoms with Crippen LogP contribution >= 0.6 is 0 Å². The van der Waals surface area contributed by atoms with Gasteiger partial charge in [-0.3, -0.25) is 14.4 Å². The number of ether oxygens (including phenoxy) is 1. The predicted molar refractivity (Wildman–Crippen MR) is 116 cm³/mol. The van der Waals surface area contributed by atoms with Crippen molar-refractivity contribution in [2.75, 3.05) is 18.5 Å². The maximum absolute atomic E-state index is 12.7. The van der Waals surface area contributed by atoms with Gasteiger partial charge >= 0.3 is 5.97 Å². The van der Waals surface area contributed by atoms with E-state index in [4.69, 9.17) is 4.74 Å². The molecular weight excluding hydrogens is 380 g/mol. The first-order valence-corrected chi connectivity index (χ1v) is 11.2. The van der Waals surface area contributed by atoms with Gasteiger partial charge in [0.2, 0.25) is 5.91 Å². The highest BCUT2D eigenvalue weighted by Crippen LogP contribution is 2.37. The molecule has 0 atom stereocenters. The summed E-state index contributed by atoms with van der Waals surface area (Å²) in [6.07, 6.45) is 6.20. The van der Waals surface area contributed by atoms with Crippen molar-refractivity contribution in [1.82, 2.24) is 5.32 Å². The molecule has 1 aliphatic heterocycles. The topological polar surface area (TPSA) is 84.5 Å². The summed E-state index contributed by atoms with van der Waals surface area (Å²) in [7, 11) is 0. The van der Waals surface area contributed by atoms with Crippen LogP contribution in [0.25, 0.3) is 0 Å². The standard InChI is InChI=1S/C24H34N2O4/c1-4-30-22(28)12-9-16-5-7-17(8-6-16)15-25-23(29)18-10-11-20-19(13-18)24(2,3)14-21(27)26-20/h10-11,13,16-17H,4-9,12,14-15H2,1-3H3,(H,25,29)(H,26,27). The molecule has 0 saturated heterocycles. The van der Waals surface area contributed by atoms with Crippen LogP contribution in [-0.4, -0.2) is 30.9 Å². The van der Waals surface area contributed by atoms with Gasteiger partial charge in [-0.1, -0.05) is 26.7 Å². The van der Waals surface area contributed by atoms with E-state index in [-0.39, 0.29) is 23.2 Å². The zero-order chi connectivity index (χ0) is 21.7. The van der Waals surface area contributed by atoms with E-state index in [2.05, 4.69) is 10.6 Å². The van der Waals surface area contributed by atoms with Gasteiger partial charge in [-0.25, -0.2) is 0 Å². The maximum atomic E-state index is 12.7. The summed E-state index contributed by atoms with van der Waals surface area (Å²) in [5, 5.41) is 5.99. The SMILES string of the molecule is CCOC(=O)CCC1CCC(CNC(=O)c2ccc3c(c2)C(C)(C)CC(=O)N3)CC1. The normalized spacial score (nSPS) is 22.6. The highest BCUT2D eigenvalue weighted by atomic mass is 16.5. The van der Waals surface area contributed by atoms with Gasteiger partial charge in [0, 0.05) is 36.1 Å². The van der Waals surface area contributed by atoms with E-state index in [0.29, 0.717) is 43.4 Å². The lowest BCUT2D eigenvalue weighted by Gasteiger charge is -2.32. The Morgan fingerprint density at radius 3 is 2.57 bits per heavy atom. The van der Waals surface area contributed by atoms with E-state index in [1.165, 1.54) is 0 Å². The molecule has 0 aromatic heterocycles. The fourth-order valence-electron chi connectivity index (χ4n) is 4.66. The first-order valence-electron chi connectivity index (χ1n) is 11.2. The molecule has 1 aromatic rings. The van der Waals surface area contributed by atoms with E-state index in [1.54, 1.807) is 6.07 Å². The van der Waals surface area contributed by atoms with Crippen molar-refractivity contribution >= 4 is 23.5 Å². The Morgan fingerprint density at radius 1 is 1.17 bits per heavy atom. The molecule has 1 aliphatic carbocycles. The molecule has 164 valence electrons. The number of nitrogens with one attached hydrogen (secondary N) is 2. The third-order valence-corrected chi connectivity index (χ3v) is 6.47. The lowest BCUT2D eigenvalue weighted by atomic mass is 9.77. The molecule has 0 radical (unpaired) electrons. The van der Waals surface area contributed by atoms with Crippen LogP contribution in [0.1, 0.15) is 81.6 Å². The number of hydrogen-bond donors (Lipinski definition) is 2. The Balaban J connectivity index is 1.47. The van der Waals surface area contributed by atoms with E-state index in [0.717, 1.165) is 43.4 Å². The largest absolute Gasteiger partial charge is 0.466 e. The van der Waals surface area contributed by atoms with Crippen LogP contribution in [0, 0.1) is 11.8 Å². The van der Waals surface area contributed by atoms with Gasteiger partial charge < -0.3 is 15.4 Å². The van der Waals surface area contributed by atoms with Crippen molar-refractivity contribution in [3.63, 3.8) is 0 Å². The number of hydrogen-bond acceptors (Lipinski definition) is 4. The molecule has 2 amide bonds. The van der Waals surface area contributed by atoms with E-state index >= 15 is 0 Å². The average molecular weight is 415 g/mol. The predicted octanol–water partition coefficient (Wildman–Crippen LogP) is 4.19. The van der Waals surface area contributed by atoms with Crippen LogP contribution in [-0.2, 0) is 19.7 Å². The number of fused-ring (bicyclic) bond motifs is 1. The summed E-state index contributed by atoms with van der Waals surface area (Å²) >= 11 is 0. The minimum Gasteiger partial charge on any atom is -0.466 e. The highest BCUT2D eigenvalue weighted by molar-refractivity contribution is 5.98. The fourth-order valence-corrected chi connectivity index (χ4v) is 4.66. The lowest BCUT2D eigenvalue weighted by molar-refractivity contribution is -0.143. The van der Waals surface area contributed by atoms with Crippen LogP contribution in [0.3, 0.4) is 0 Å². The van der Waals surface area contributed by atoms with Crippen molar-refractivity contribution in [3.05, 3.63) is 29.3 Å². The molecule has 30 heavy (non-hydrogen) atoms. The van der Waals surface area contributed by atoms with Gasteiger partial charge in [0.15, 0.2) is 0 Å². The van der Waals surface area contributed by atoms with Gasteiger partial charge in [0.1, 0.15) is 0 Å². The molecule has 0 spiro atoms. The average Bonchev–Trinajstić information content (AvgIpc) is 2.70. The van der Waals surface area contributed by atoms with E-state index in [1.807, 2.05) is 32.9 Å². The summed E-state index contributed by atoms with van der Waals surface area (Å²) in [6.45, 7) is 7.03. The minimum absolute atomic E-state index is 0.0163. The zero-order valence-electron chi connectivity index (χ0n) is 18.4. The Bertz CT molecular complexity index is 794. The number of anilines is 1. The van der Waals surface area contributed by atoms with Crippen molar-refractivity contribution < 1.29 is 19.1 Å². The van der Waals surface area contributed by atoms with E-state index < -0.39 is 0 Å². The molecule has 1 saturated carbocycles. The van der Waals surface area contributed by atoms with Crippen LogP contribution < -0.4 is 10.6 Å². The lowest BCUT2D eigenvalue weighted by Crippen LogP contribution is -2.34. The summed E-state index contributed by atoms with van der Waals surface area (Å²) in [4.78, 5) is 36.1. The Labute approximate surface area is 179 Å². The second-order valence-corrected chi connectivity index (χ2v) is 9.31. The summed E-state index contributed by atoms with van der Waals surface area (Å²) in [5.74, 6) is 0.928. The monoisotopic (exact) mass is 414 g/mol. The van der Waals surface area contributed by atoms with Crippen molar-refractivity contribution in [3.8, 4) is 0 Å². The molecule has 1 heterocycles. The summed E-state index contributed by atoms with van der Waals surface area (Å²) in [6, 6.07) is 5.52. The number of carbonyl (C=O) groups is 3. The van der Waals surface area contributed by atoms with Gasteiger partial charge in [-0.2, -0.15) is 0 Å². The Hall–Kier alpha value is -2.37. The molecule has 1 aromatic carbocycles.